The van der Waals surface area contributed by atoms with E-state index in [0.717, 1.165) is 23.4 Å². The fourth-order valence-electron chi connectivity index (χ4n) is 3.79. The van der Waals surface area contributed by atoms with Crippen LogP contribution in [0.25, 0.3) is 0 Å². The minimum atomic E-state index is -0.516. The lowest BCUT2D eigenvalue weighted by Crippen LogP contribution is -2.36. The van der Waals surface area contributed by atoms with Crippen molar-refractivity contribution in [3.05, 3.63) is 71.6 Å². The van der Waals surface area contributed by atoms with Crippen LogP contribution in [-0.2, 0) is 24.2 Å². The maximum Gasteiger partial charge on any atom is 0.256 e. The van der Waals surface area contributed by atoms with E-state index in [1.807, 2.05) is 66.4 Å². The lowest BCUT2D eigenvalue weighted by molar-refractivity contribution is -0.119. The van der Waals surface area contributed by atoms with Crippen LogP contribution in [0.15, 0.2) is 59.1 Å². The summed E-state index contributed by atoms with van der Waals surface area (Å²) in [4.78, 5) is 17.0. The minimum Gasteiger partial charge on any atom is -0.497 e. The summed E-state index contributed by atoms with van der Waals surface area (Å²) in [6.07, 6.45) is 1.14. The summed E-state index contributed by atoms with van der Waals surface area (Å²) in [7, 11) is 3.22. The summed E-state index contributed by atoms with van der Waals surface area (Å²) >= 11 is 5.79. The monoisotopic (exact) mass is 451 g/mol. The smallest absolute Gasteiger partial charge is 0.256 e. The first-order valence-corrected chi connectivity index (χ1v) is 10.8. The molecule has 0 N–H and O–H groups in total. The standard InChI is InChI=1S/C24H25N3O4S/c1-4-17-12-21(31-25-17)14-22-23(28)27(18-8-6-5-7-9-18)24(32)26(22)15-16-10-19(29-2)13-20(11-16)30-3/h5-13,22H,4,14-15H2,1-3H3. The average Bonchev–Trinajstić information content (AvgIpc) is 3.37. The number of aryl methyl sites for hydroxylation is 1. The Bertz CT molecular complexity index is 1090. The van der Waals surface area contributed by atoms with Crippen LogP contribution in [0.4, 0.5) is 5.69 Å². The summed E-state index contributed by atoms with van der Waals surface area (Å²) in [6, 6.07) is 16.5. The molecule has 32 heavy (non-hydrogen) atoms. The van der Waals surface area contributed by atoms with E-state index in [1.165, 1.54) is 0 Å². The lowest BCUT2D eigenvalue weighted by atomic mass is 10.1. The molecule has 0 saturated carbocycles. The first-order valence-electron chi connectivity index (χ1n) is 10.4. The zero-order valence-electron chi connectivity index (χ0n) is 18.3. The zero-order chi connectivity index (χ0) is 22.7. The van der Waals surface area contributed by atoms with Gasteiger partial charge in [-0.3, -0.25) is 9.69 Å². The van der Waals surface area contributed by atoms with Gasteiger partial charge in [-0.05, 0) is 48.5 Å². The van der Waals surface area contributed by atoms with Crippen LogP contribution in [0.1, 0.15) is 23.9 Å². The van der Waals surface area contributed by atoms with Gasteiger partial charge >= 0.3 is 0 Å². The number of para-hydroxylation sites is 1. The second-order valence-electron chi connectivity index (χ2n) is 7.50. The number of hydrogen-bond acceptors (Lipinski definition) is 6. The summed E-state index contributed by atoms with van der Waals surface area (Å²) in [6.45, 7) is 2.43. The van der Waals surface area contributed by atoms with E-state index in [1.54, 1.807) is 19.1 Å². The van der Waals surface area contributed by atoms with Gasteiger partial charge in [0.15, 0.2) is 5.11 Å². The number of thiocarbonyl (C=S) groups is 1. The molecule has 0 spiro atoms. The fourth-order valence-corrected chi connectivity index (χ4v) is 4.18. The first-order chi connectivity index (χ1) is 15.5. The Kier molecular flexibility index (Phi) is 6.41. The molecule has 0 radical (unpaired) electrons. The third kappa shape index (κ3) is 4.31. The van der Waals surface area contributed by atoms with Gasteiger partial charge in [-0.1, -0.05) is 30.3 Å². The van der Waals surface area contributed by atoms with E-state index in [4.69, 9.17) is 26.2 Å². The number of nitrogens with zero attached hydrogens (tertiary/aromatic N) is 3. The number of carbonyl (C=O) groups excluding carboxylic acids is 1. The van der Waals surface area contributed by atoms with Crippen molar-refractivity contribution in [3.8, 4) is 11.5 Å². The van der Waals surface area contributed by atoms with Crippen LogP contribution >= 0.6 is 12.2 Å². The van der Waals surface area contributed by atoms with E-state index in [-0.39, 0.29) is 5.91 Å². The number of benzene rings is 2. The van der Waals surface area contributed by atoms with E-state index < -0.39 is 6.04 Å². The predicted molar refractivity (Wildman–Crippen MR) is 125 cm³/mol. The number of amides is 1. The van der Waals surface area contributed by atoms with Gasteiger partial charge < -0.3 is 18.9 Å². The van der Waals surface area contributed by atoms with Crippen molar-refractivity contribution in [1.82, 2.24) is 10.1 Å². The predicted octanol–water partition coefficient (Wildman–Crippen LogP) is 4.00. The van der Waals surface area contributed by atoms with Crippen molar-refractivity contribution in [3.63, 3.8) is 0 Å². The number of carbonyl (C=O) groups is 1. The van der Waals surface area contributed by atoms with Gasteiger partial charge in [0, 0.05) is 25.1 Å². The van der Waals surface area contributed by atoms with Crippen LogP contribution in [0.5, 0.6) is 11.5 Å². The van der Waals surface area contributed by atoms with Gasteiger partial charge in [-0.25, -0.2) is 0 Å². The molecule has 2 aromatic carbocycles. The summed E-state index contributed by atoms with van der Waals surface area (Å²) in [5.74, 6) is 1.92. The molecule has 4 rings (SSSR count). The van der Waals surface area contributed by atoms with Crippen LogP contribution in [0.2, 0.25) is 0 Å². The first kappa shape index (κ1) is 21.8. The van der Waals surface area contributed by atoms with Gasteiger partial charge in [0.2, 0.25) is 0 Å². The Hall–Kier alpha value is -3.39. The summed E-state index contributed by atoms with van der Waals surface area (Å²) < 4.78 is 16.3. The molecule has 1 amide bonds. The van der Waals surface area contributed by atoms with Gasteiger partial charge in [0.25, 0.3) is 5.91 Å². The quantitative estimate of drug-likeness (QED) is 0.480. The van der Waals surface area contributed by atoms with Crippen LogP contribution in [-0.4, -0.2) is 41.3 Å². The van der Waals surface area contributed by atoms with Gasteiger partial charge in [-0.2, -0.15) is 0 Å². The molecule has 1 atom stereocenters. The highest BCUT2D eigenvalue weighted by Crippen LogP contribution is 2.31. The highest BCUT2D eigenvalue weighted by Gasteiger charge is 2.43. The number of anilines is 1. The number of methoxy groups -OCH3 is 2. The Morgan fingerprint density at radius 2 is 1.75 bits per heavy atom. The second kappa shape index (κ2) is 9.40. The maximum absolute atomic E-state index is 13.5. The molecule has 1 aliphatic heterocycles. The van der Waals surface area contributed by atoms with Crippen molar-refractivity contribution in [2.24, 2.45) is 0 Å². The molecule has 1 unspecified atom stereocenters. The van der Waals surface area contributed by atoms with Crippen molar-refractivity contribution >= 4 is 28.9 Å². The minimum absolute atomic E-state index is 0.0921. The number of ether oxygens (including phenoxy) is 2. The Balaban J connectivity index is 1.69. The molecular formula is C24H25N3O4S. The third-order valence-electron chi connectivity index (χ3n) is 5.46. The number of hydrogen-bond donors (Lipinski definition) is 0. The highest BCUT2D eigenvalue weighted by atomic mass is 32.1. The topological polar surface area (TPSA) is 68.0 Å². The van der Waals surface area contributed by atoms with E-state index in [2.05, 4.69) is 5.16 Å². The molecule has 0 aliphatic carbocycles. The van der Waals surface area contributed by atoms with E-state index >= 15 is 0 Å². The molecular weight excluding hydrogens is 426 g/mol. The average molecular weight is 452 g/mol. The summed E-state index contributed by atoms with van der Waals surface area (Å²) in [5, 5.41) is 4.52. The van der Waals surface area contributed by atoms with Crippen LogP contribution < -0.4 is 14.4 Å². The molecule has 2 heterocycles. The SMILES string of the molecule is CCc1cc(CC2C(=O)N(c3ccccc3)C(=S)N2Cc2cc(OC)cc(OC)c2)on1. The molecule has 1 aliphatic rings. The van der Waals surface area contributed by atoms with Crippen LogP contribution in [0.3, 0.4) is 0 Å². The molecule has 3 aromatic rings. The number of rotatable bonds is 8. The Labute approximate surface area is 192 Å². The molecule has 1 aromatic heterocycles. The van der Waals surface area contributed by atoms with Crippen molar-refractivity contribution in [2.45, 2.75) is 32.4 Å². The fraction of sp³-hybridized carbons (Fsp3) is 0.292. The Morgan fingerprint density at radius 1 is 1.06 bits per heavy atom. The largest absolute Gasteiger partial charge is 0.497 e. The molecule has 7 nitrogen and oxygen atoms in total. The molecule has 166 valence electrons. The van der Waals surface area contributed by atoms with E-state index in [9.17, 15) is 4.79 Å². The molecule has 0 bridgehead atoms. The zero-order valence-corrected chi connectivity index (χ0v) is 19.1. The van der Waals surface area contributed by atoms with Crippen molar-refractivity contribution < 1.29 is 18.8 Å². The molecule has 8 heteroatoms. The lowest BCUT2D eigenvalue weighted by Gasteiger charge is -2.24. The van der Waals surface area contributed by atoms with Crippen LogP contribution in [0, 0.1) is 0 Å². The van der Waals surface area contributed by atoms with E-state index in [0.29, 0.717) is 35.3 Å². The molecule has 1 saturated heterocycles. The maximum atomic E-state index is 13.5. The summed E-state index contributed by atoms with van der Waals surface area (Å²) in [5.41, 5.74) is 2.52. The van der Waals surface area contributed by atoms with Crippen molar-refractivity contribution in [1.29, 1.82) is 0 Å². The van der Waals surface area contributed by atoms with Crippen molar-refractivity contribution in [2.75, 3.05) is 19.1 Å². The normalized spacial score (nSPS) is 16.0. The Morgan fingerprint density at radius 3 is 2.34 bits per heavy atom. The van der Waals surface area contributed by atoms with Gasteiger partial charge in [-0.15, -0.1) is 0 Å². The second-order valence-corrected chi connectivity index (χ2v) is 7.86. The van der Waals surface area contributed by atoms with Gasteiger partial charge in [0.05, 0.1) is 25.6 Å². The number of aromatic nitrogens is 1. The molecule has 1 fully saturated rings. The third-order valence-corrected chi connectivity index (χ3v) is 5.88. The highest BCUT2D eigenvalue weighted by molar-refractivity contribution is 7.80. The van der Waals surface area contributed by atoms with Gasteiger partial charge in [0.1, 0.15) is 23.3 Å².